The fraction of sp³-hybridized carbons (Fsp3) is 0.229. The van der Waals surface area contributed by atoms with Crippen LogP contribution in [0.1, 0.15) is 29.6 Å². The summed E-state index contributed by atoms with van der Waals surface area (Å²) in [4.78, 5) is 28.2. The van der Waals surface area contributed by atoms with Crippen molar-refractivity contribution in [3.05, 3.63) is 109 Å². The molecule has 0 spiro atoms. The third-order valence-corrected chi connectivity index (χ3v) is 8.60. The van der Waals surface area contributed by atoms with Crippen LogP contribution < -0.4 is 10.6 Å². The van der Waals surface area contributed by atoms with Crippen molar-refractivity contribution in [1.29, 1.82) is 0 Å². The van der Waals surface area contributed by atoms with Gasteiger partial charge in [0.25, 0.3) is 5.91 Å². The Kier molecular flexibility index (Phi) is 7.23. The lowest BCUT2D eigenvalue weighted by molar-refractivity contribution is -0.118. The number of hydrogen-bond donors (Lipinski definition) is 3. The molecule has 3 N–H and O–H groups in total. The molecule has 1 saturated heterocycles. The molecule has 7 rings (SSSR count). The minimum atomic E-state index is -0.222. The van der Waals surface area contributed by atoms with Gasteiger partial charge in [0.1, 0.15) is 0 Å². The number of aromatic nitrogens is 3. The molecule has 2 aromatic heterocycles. The highest BCUT2D eigenvalue weighted by molar-refractivity contribution is 6.07. The zero-order valence-electron chi connectivity index (χ0n) is 24.5. The zero-order valence-corrected chi connectivity index (χ0v) is 24.5. The van der Waals surface area contributed by atoms with Crippen LogP contribution in [0.4, 0.5) is 11.4 Å². The lowest BCUT2D eigenvalue weighted by Crippen LogP contribution is -2.35. The number of nitrogens with zero attached hydrogens (tertiary/aromatic N) is 4. The van der Waals surface area contributed by atoms with Crippen molar-refractivity contribution < 1.29 is 14.7 Å². The van der Waals surface area contributed by atoms with Gasteiger partial charge in [0, 0.05) is 65.3 Å². The van der Waals surface area contributed by atoms with Gasteiger partial charge in [-0.1, -0.05) is 12.2 Å². The van der Waals surface area contributed by atoms with E-state index in [1.165, 1.54) is 0 Å². The molecule has 5 aromatic rings. The van der Waals surface area contributed by atoms with Crippen LogP contribution in [0, 0.1) is 5.92 Å². The number of carbonyl (C=O) groups excluding carboxylic acids is 2. The van der Waals surface area contributed by atoms with Crippen LogP contribution in [0.3, 0.4) is 0 Å². The molecule has 0 saturated carbocycles. The lowest BCUT2D eigenvalue weighted by atomic mass is 9.97. The molecule has 1 aliphatic carbocycles. The summed E-state index contributed by atoms with van der Waals surface area (Å²) in [5.74, 6) is -0.427. The number of fused-ring (bicyclic) bond motifs is 2. The third kappa shape index (κ3) is 5.49. The maximum atomic E-state index is 13.0. The summed E-state index contributed by atoms with van der Waals surface area (Å²) in [6.07, 6.45) is 11.9. The summed E-state index contributed by atoms with van der Waals surface area (Å²) in [5.41, 5.74) is 6.01. The van der Waals surface area contributed by atoms with Crippen molar-refractivity contribution in [3.8, 4) is 5.69 Å². The first kappa shape index (κ1) is 27.7. The average Bonchev–Trinajstić information content (AvgIpc) is 3.64. The first-order valence-electron chi connectivity index (χ1n) is 15.0. The number of amides is 2. The third-order valence-electron chi connectivity index (χ3n) is 8.60. The second-order valence-corrected chi connectivity index (χ2v) is 11.6. The minimum absolute atomic E-state index is 0.0406. The maximum absolute atomic E-state index is 13.0. The van der Waals surface area contributed by atoms with E-state index in [2.05, 4.69) is 26.7 Å². The van der Waals surface area contributed by atoms with E-state index in [1.54, 1.807) is 6.20 Å². The topological polar surface area (TPSA) is 104 Å². The van der Waals surface area contributed by atoms with E-state index < -0.39 is 0 Å². The van der Waals surface area contributed by atoms with Crippen LogP contribution in [0.2, 0.25) is 0 Å². The second kappa shape index (κ2) is 11.5. The lowest BCUT2D eigenvalue weighted by Gasteiger charge is -2.33. The van der Waals surface area contributed by atoms with E-state index in [9.17, 15) is 14.7 Å². The number of carbonyl (C=O) groups is 2. The first-order chi connectivity index (χ1) is 21.4. The molecule has 2 aliphatic rings. The van der Waals surface area contributed by atoms with Gasteiger partial charge >= 0.3 is 0 Å². The Balaban J connectivity index is 0.982. The summed E-state index contributed by atoms with van der Waals surface area (Å²) < 4.78 is 3.87. The van der Waals surface area contributed by atoms with Crippen molar-refractivity contribution in [3.63, 3.8) is 0 Å². The molecule has 3 heterocycles. The SMILES string of the molecule is Cn1ccc2cc(C(=O)Nc3ccc4c(cnn4-c4ccc(NC(=O)C5C=CC(N6CCC(O)CC6)=CC5)cc4)c3)ccc21. The largest absolute Gasteiger partial charge is 0.393 e. The van der Waals surface area contributed by atoms with E-state index in [-0.39, 0.29) is 23.8 Å². The fourth-order valence-electron chi connectivity index (χ4n) is 6.03. The molecular formula is C35H34N6O3. The van der Waals surface area contributed by atoms with Gasteiger partial charge in [0.15, 0.2) is 0 Å². The number of allylic oxidation sites excluding steroid dienone is 2. The highest BCUT2D eigenvalue weighted by atomic mass is 16.3. The number of aryl methyl sites for hydroxylation is 1. The molecule has 9 heteroatoms. The van der Waals surface area contributed by atoms with Crippen molar-refractivity contribution in [2.45, 2.75) is 25.4 Å². The summed E-state index contributed by atoms with van der Waals surface area (Å²) in [7, 11) is 1.98. The number of hydrogen-bond acceptors (Lipinski definition) is 5. The number of anilines is 2. The summed E-state index contributed by atoms with van der Waals surface area (Å²) in [5, 5.41) is 22.3. The number of aliphatic hydroxyl groups excluding tert-OH is 1. The Labute approximate surface area is 255 Å². The molecule has 1 aliphatic heterocycles. The van der Waals surface area contributed by atoms with E-state index in [4.69, 9.17) is 0 Å². The van der Waals surface area contributed by atoms with Crippen LogP contribution >= 0.6 is 0 Å². The van der Waals surface area contributed by atoms with E-state index in [1.807, 2.05) is 101 Å². The van der Waals surface area contributed by atoms with Crippen molar-refractivity contribution in [2.24, 2.45) is 13.0 Å². The molecule has 222 valence electrons. The van der Waals surface area contributed by atoms with Crippen molar-refractivity contribution in [1.82, 2.24) is 19.2 Å². The monoisotopic (exact) mass is 586 g/mol. The molecule has 3 aromatic carbocycles. The van der Waals surface area contributed by atoms with E-state index >= 15 is 0 Å². The van der Waals surface area contributed by atoms with Gasteiger partial charge in [-0.2, -0.15) is 5.10 Å². The highest BCUT2D eigenvalue weighted by Gasteiger charge is 2.22. The predicted molar refractivity (Wildman–Crippen MR) is 173 cm³/mol. The Bertz CT molecular complexity index is 1930. The quantitative estimate of drug-likeness (QED) is 0.240. The molecule has 1 fully saturated rings. The fourth-order valence-corrected chi connectivity index (χ4v) is 6.03. The Hall–Kier alpha value is -5.15. The maximum Gasteiger partial charge on any atom is 0.255 e. The van der Waals surface area contributed by atoms with Crippen LogP contribution in [0.25, 0.3) is 27.5 Å². The van der Waals surface area contributed by atoms with Gasteiger partial charge in [-0.3, -0.25) is 9.59 Å². The standard InChI is InChI=1S/C35H34N6O3/c1-39-17-14-24-20-25(4-12-32(24)39)35(44)38-28-7-13-33-26(21-28)22-36-41(33)30-10-5-27(6-11-30)37-34(43)23-2-8-29(9-3-23)40-18-15-31(42)16-19-40/h2,4-14,17,20-23,31,42H,3,15-16,18-19H2,1H3,(H,37,43)(H,38,44). The molecule has 0 bridgehead atoms. The van der Waals surface area contributed by atoms with Crippen LogP contribution in [0.15, 0.2) is 103 Å². The van der Waals surface area contributed by atoms with Crippen molar-refractivity contribution >= 4 is 45.0 Å². The number of piperidine rings is 1. The number of rotatable bonds is 6. The molecular weight excluding hydrogens is 552 g/mol. The molecule has 0 radical (unpaired) electrons. The number of nitrogens with one attached hydrogen (secondary N) is 2. The zero-order chi connectivity index (χ0) is 30.2. The Morgan fingerprint density at radius 1 is 0.886 bits per heavy atom. The molecule has 2 amide bonds. The van der Waals surface area contributed by atoms with E-state index in [0.717, 1.165) is 64.8 Å². The van der Waals surface area contributed by atoms with Crippen molar-refractivity contribution in [2.75, 3.05) is 23.7 Å². The number of aliphatic hydroxyl groups is 1. The molecule has 9 nitrogen and oxygen atoms in total. The number of likely N-dealkylation sites (tertiary alicyclic amines) is 1. The predicted octanol–water partition coefficient (Wildman–Crippen LogP) is 5.62. The van der Waals surface area contributed by atoms with Gasteiger partial charge in [-0.15, -0.1) is 0 Å². The normalized spacial score (nSPS) is 17.2. The first-order valence-corrected chi connectivity index (χ1v) is 15.0. The Morgan fingerprint density at radius 2 is 1.66 bits per heavy atom. The highest BCUT2D eigenvalue weighted by Crippen LogP contribution is 2.26. The van der Waals surface area contributed by atoms with Crippen LogP contribution in [0.5, 0.6) is 0 Å². The van der Waals surface area contributed by atoms with Crippen LogP contribution in [-0.2, 0) is 11.8 Å². The second-order valence-electron chi connectivity index (χ2n) is 11.6. The van der Waals surface area contributed by atoms with Crippen LogP contribution in [-0.4, -0.2) is 55.4 Å². The summed E-state index contributed by atoms with van der Waals surface area (Å²) in [6, 6.07) is 21.0. The Morgan fingerprint density at radius 3 is 2.43 bits per heavy atom. The number of benzene rings is 3. The molecule has 1 unspecified atom stereocenters. The average molecular weight is 587 g/mol. The van der Waals surface area contributed by atoms with Gasteiger partial charge in [-0.25, -0.2) is 4.68 Å². The van der Waals surface area contributed by atoms with E-state index in [0.29, 0.717) is 17.7 Å². The molecule has 44 heavy (non-hydrogen) atoms. The van der Waals surface area contributed by atoms with Gasteiger partial charge < -0.3 is 25.2 Å². The summed E-state index contributed by atoms with van der Waals surface area (Å²) >= 11 is 0. The minimum Gasteiger partial charge on any atom is -0.393 e. The van der Waals surface area contributed by atoms with Gasteiger partial charge in [0.2, 0.25) is 5.91 Å². The van der Waals surface area contributed by atoms with Gasteiger partial charge in [0.05, 0.1) is 29.4 Å². The van der Waals surface area contributed by atoms with Gasteiger partial charge in [-0.05, 0) is 92.1 Å². The smallest absolute Gasteiger partial charge is 0.255 e. The molecule has 1 atom stereocenters. The summed E-state index contributed by atoms with van der Waals surface area (Å²) in [6.45, 7) is 1.69.